The number of amides is 1. The zero-order valence-corrected chi connectivity index (χ0v) is 16.3. The highest BCUT2D eigenvalue weighted by Gasteiger charge is 2.34. The number of fused-ring (bicyclic) bond motifs is 3. The molecule has 5 heteroatoms. The molecule has 1 amide bonds. The Balaban J connectivity index is 1.51. The van der Waals surface area contributed by atoms with Crippen molar-refractivity contribution in [1.82, 2.24) is 20.0 Å². The highest BCUT2D eigenvalue weighted by Crippen LogP contribution is 2.30. The molecule has 1 N–H and O–H groups in total. The van der Waals surface area contributed by atoms with E-state index in [1.165, 1.54) is 35.2 Å². The molecule has 2 unspecified atom stereocenters. The van der Waals surface area contributed by atoms with Gasteiger partial charge in [-0.25, -0.2) is 4.68 Å². The number of likely N-dealkylation sites (tertiary alicyclic amines) is 1. The fraction of sp³-hybridized carbons (Fsp3) is 0.545. The van der Waals surface area contributed by atoms with Crippen LogP contribution < -0.4 is 5.32 Å². The zero-order chi connectivity index (χ0) is 18.5. The van der Waals surface area contributed by atoms with Crippen molar-refractivity contribution in [3.8, 4) is 5.69 Å². The van der Waals surface area contributed by atoms with Gasteiger partial charge in [-0.2, -0.15) is 5.10 Å². The summed E-state index contributed by atoms with van der Waals surface area (Å²) in [7, 11) is 0. The Labute approximate surface area is 160 Å². The van der Waals surface area contributed by atoms with Crippen molar-refractivity contribution in [2.24, 2.45) is 0 Å². The third-order valence-electron chi connectivity index (χ3n) is 6.52. The summed E-state index contributed by atoms with van der Waals surface area (Å²) in [5.41, 5.74) is 6.68. The maximum Gasteiger partial charge on any atom is 0.274 e. The number of hydrogen-bond acceptors (Lipinski definition) is 3. The molecule has 1 aliphatic carbocycles. The molecule has 0 saturated carbocycles. The lowest BCUT2D eigenvalue weighted by Gasteiger charge is -2.23. The van der Waals surface area contributed by atoms with Crippen molar-refractivity contribution < 1.29 is 4.79 Å². The first-order chi connectivity index (χ1) is 13.1. The lowest BCUT2D eigenvalue weighted by molar-refractivity contribution is 0.0740. The van der Waals surface area contributed by atoms with E-state index in [9.17, 15) is 4.79 Å². The smallest absolute Gasteiger partial charge is 0.274 e. The first-order valence-corrected chi connectivity index (χ1v) is 10.3. The minimum atomic E-state index is 0.131. The van der Waals surface area contributed by atoms with Gasteiger partial charge in [0.1, 0.15) is 0 Å². The van der Waals surface area contributed by atoms with Gasteiger partial charge in [0.25, 0.3) is 5.91 Å². The minimum absolute atomic E-state index is 0.131. The first-order valence-electron chi connectivity index (χ1n) is 10.3. The molecule has 2 atom stereocenters. The third-order valence-corrected chi connectivity index (χ3v) is 6.52. The fourth-order valence-corrected chi connectivity index (χ4v) is 5.13. The summed E-state index contributed by atoms with van der Waals surface area (Å²) in [4.78, 5) is 15.4. The summed E-state index contributed by atoms with van der Waals surface area (Å²) >= 11 is 0. The fourth-order valence-electron chi connectivity index (χ4n) is 5.13. The van der Waals surface area contributed by atoms with Crippen LogP contribution in [0, 0.1) is 13.8 Å². The standard InChI is InChI=1S/C22H28N4O/c1-14-6-9-19(15(2)12-14)26-20-5-3-4-18(20)21(24-26)22(27)25-11-10-16-7-8-17(13-25)23-16/h6,9,12,16-17,23H,3-5,7-8,10-11,13H2,1-2H3. The van der Waals surface area contributed by atoms with E-state index in [0.29, 0.717) is 17.8 Å². The highest BCUT2D eigenvalue weighted by molar-refractivity contribution is 5.94. The minimum Gasteiger partial charge on any atom is -0.336 e. The molecular formula is C22H28N4O. The number of nitrogens with zero attached hydrogens (tertiary/aromatic N) is 3. The number of nitrogens with one attached hydrogen (secondary N) is 1. The number of benzene rings is 1. The van der Waals surface area contributed by atoms with Gasteiger partial charge in [-0.05, 0) is 64.0 Å². The molecule has 3 aliphatic rings. The van der Waals surface area contributed by atoms with Gasteiger partial charge in [-0.1, -0.05) is 17.7 Å². The van der Waals surface area contributed by atoms with Crippen LogP contribution in [0.3, 0.4) is 0 Å². The third kappa shape index (κ3) is 2.89. The van der Waals surface area contributed by atoms with Gasteiger partial charge in [-0.3, -0.25) is 4.79 Å². The molecule has 0 radical (unpaired) electrons. The molecule has 142 valence electrons. The summed E-state index contributed by atoms with van der Waals surface area (Å²) in [6.45, 7) is 5.91. The monoisotopic (exact) mass is 364 g/mol. The van der Waals surface area contributed by atoms with Crippen LogP contribution in [-0.2, 0) is 12.8 Å². The van der Waals surface area contributed by atoms with Gasteiger partial charge in [0.2, 0.25) is 0 Å². The van der Waals surface area contributed by atoms with Crippen molar-refractivity contribution in [2.75, 3.05) is 13.1 Å². The van der Waals surface area contributed by atoms with E-state index in [0.717, 1.165) is 44.5 Å². The molecule has 2 bridgehead atoms. The van der Waals surface area contributed by atoms with Crippen molar-refractivity contribution in [3.63, 3.8) is 0 Å². The van der Waals surface area contributed by atoms with Gasteiger partial charge < -0.3 is 10.2 Å². The maximum absolute atomic E-state index is 13.4. The number of aryl methyl sites for hydroxylation is 2. The van der Waals surface area contributed by atoms with Crippen molar-refractivity contribution in [1.29, 1.82) is 0 Å². The van der Waals surface area contributed by atoms with E-state index < -0.39 is 0 Å². The molecule has 2 aliphatic heterocycles. The van der Waals surface area contributed by atoms with Gasteiger partial charge in [0, 0.05) is 36.4 Å². The summed E-state index contributed by atoms with van der Waals surface area (Å²) in [5.74, 6) is 0.131. The molecule has 1 aromatic heterocycles. The maximum atomic E-state index is 13.4. The molecule has 2 fully saturated rings. The van der Waals surface area contributed by atoms with E-state index in [2.05, 4.69) is 37.4 Å². The zero-order valence-electron chi connectivity index (χ0n) is 16.3. The van der Waals surface area contributed by atoms with Gasteiger partial charge in [-0.15, -0.1) is 0 Å². The Morgan fingerprint density at radius 1 is 1.15 bits per heavy atom. The van der Waals surface area contributed by atoms with Crippen LogP contribution >= 0.6 is 0 Å². The predicted octanol–water partition coefficient (Wildman–Crippen LogP) is 2.94. The molecule has 2 aromatic rings. The number of carbonyl (C=O) groups excluding carboxylic acids is 1. The number of hydrogen-bond donors (Lipinski definition) is 1. The van der Waals surface area contributed by atoms with Crippen molar-refractivity contribution in [2.45, 2.75) is 64.5 Å². The molecule has 1 aromatic carbocycles. The largest absolute Gasteiger partial charge is 0.336 e. The van der Waals surface area contributed by atoms with E-state index in [1.807, 2.05) is 9.58 Å². The summed E-state index contributed by atoms with van der Waals surface area (Å²) in [6, 6.07) is 7.50. The first kappa shape index (κ1) is 17.0. The average molecular weight is 364 g/mol. The molecule has 5 nitrogen and oxygen atoms in total. The number of aromatic nitrogens is 2. The van der Waals surface area contributed by atoms with Crippen LogP contribution in [0.1, 0.15) is 58.6 Å². The summed E-state index contributed by atoms with van der Waals surface area (Å²) < 4.78 is 2.05. The molecule has 27 heavy (non-hydrogen) atoms. The summed E-state index contributed by atoms with van der Waals surface area (Å²) in [6.07, 6.45) is 6.59. The Morgan fingerprint density at radius 3 is 2.85 bits per heavy atom. The van der Waals surface area contributed by atoms with E-state index in [1.54, 1.807) is 0 Å². The SMILES string of the molecule is Cc1ccc(-n2nc(C(=O)N3CCC4CCC(C3)N4)c3c2CCC3)c(C)c1. The van der Waals surface area contributed by atoms with Crippen molar-refractivity contribution >= 4 is 5.91 Å². The molecule has 3 heterocycles. The second-order valence-electron chi connectivity index (χ2n) is 8.51. The normalized spacial score (nSPS) is 24.1. The second-order valence-corrected chi connectivity index (χ2v) is 8.51. The topological polar surface area (TPSA) is 50.2 Å². The number of rotatable bonds is 2. The highest BCUT2D eigenvalue weighted by atomic mass is 16.2. The Morgan fingerprint density at radius 2 is 2.00 bits per heavy atom. The Bertz CT molecular complexity index is 900. The van der Waals surface area contributed by atoms with Crippen LogP contribution in [0.4, 0.5) is 0 Å². The average Bonchev–Trinajstić information content (AvgIpc) is 3.30. The van der Waals surface area contributed by atoms with E-state index >= 15 is 0 Å². The predicted molar refractivity (Wildman–Crippen MR) is 106 cm³/mol. The molecule has 2 saturated heterocycles. The lowest BCUT2D eigenvalue weighted by atomic mass is 10.1. The van der Waals surface area contributed by atoms with Gasteiger partial charge in [0.15, 0.2) is 5.69 Å². The number of carbonyl (C=O) groups is 1. The van der Waals surface area contributed by atoms with E-state index in [-0.39, 0.29) is 5.91 Å². The Kier molecular flexibility index (Phi) is 4.08. The van der Waals surface area contributed by atoms with E-state index in [4.69, 9.17) is 5.10 Å². The van der Waals surface area contributed by atoms with Crippen molar-refractivity contribution in [3.05, 3.63) is 46.3 Å². The second kappa shape index (κ2) is 6.48. The van der Waals surface area contributed by atoms with Crippen LogP contribution in [0.2, 0.25) is 0 Å². The lowest BCUT2D eigenvalue weighted by Crippen LogP contribution is -2.39. The van der Waals surface area contributed by atoms with Crippen LogP contribution in [0.25, 0.3) is 5.69 Å². The Hall–Kier alpha value is -2.14. The van der Waals surface area contributed by atoms with Crippen LogP contribution in [0.5, 0.6) is 0 Å². The quantitative estimate of drug-likeness (QED) is 0.891. The molecule has 5 rings (SSSR count). The van der Waals surface area contributed by atoms with Crippen LogP contribution in [-0.4, -0.2) is 45.8 Å². The molecule has 0 spiro atoms. The molecular weight excluding hydrogens is 336 g/mol. The van der Waals surface area contributed by atoms with Crippen LogP contribution in [0.15, 0.2) is 18.2 Å². The van der Waals surface area contributed by atoms with Gasteiger partial charge >= 0.3 is 0 Å². The van der Waals surface area contributed by atoms with Gasteiger partial charge in [0.05, 0.1) is 5.69 Å². The summed E-state index contributed by atoms with van der Waals surface area (Å²) in [5, 5.41) is 8.53.